The van der Waals surface area contributed by atoms with Gasteiger partial charge in [-0.2, -0.15) is 0 Å². The number of nitrogens with zero attached hydrogens (tertiary/aromatic N) is 3. The Labute approximate surface area is 202 Å². The number of hydrogen-bond donors (Lipinski definition) is 2. The molecule has 2 aliphatic heterocycles. The summed E-state index contributed by atoms with van der Waals surface area (Å²) in [5, 5.41) is 7.18. The second-order valence-corrected chi connectivity index (χ2v) is 9.46. The first-order valence-corrected chi connectivity index (χ1v) is 12.3. The molecule has 7 heteroatoms. The molecule has 0 amide bonds. The van der Waals surface area contributed by atoms with E-state index >= 15 is 0 Å². The number of nitrogens with one attached hydrogen (secondary N) is 2. The van der Waals surface area contributed by atoms with E-state index in [9.17, 15) is 0 Å². The first-order chi connectivity index (χ1) is 14.2. The topological polar surface area (TPSA) is 52.1 Å². The largest absolute Gasteiger partial charge is 0.379 e. The molecular weight excluding hydrogens is 489 g/mol. The Hall–Kier alpha value is -0.120. The molecule has 6 nitrogen and oxygen atoms in total. The van der Waals surface area contributed by atoms with Crippen LogP contribution >= 0.6 is 24.0 Å². The molecule has 0 aromatic heterocycles. The fraction of sp³-hybridized carbons (Fsp3) is 0.957. The van der Waals surface area contributed by atoms with Crippen LogP contribution < -0.4 is 10.6 Å². The standard InChI is InChI=1S/C23H45N5O.HI/c1-3-24-23(25-17-20(2)18-28-13-15-29-16-14-28)26-22-9-11-27(12-10-22)19-21-7-5-4-6-8-21;/h20-22H,3-19H2,1-2H3,(H2,24,25,26);1H. The van der Waals surface area contributed by atoms with Gasteiger partial charge in [0.15, 0.2) is 5.96 Å². The van der Waals surface area contributed by atoms with Crippen molar-refractivity contribution >= 4 is 29.9 Å². The molecular formula is C23H46IN5O. The Morgan fingerprint density at radius 1 is 1.00 bits per heavy atom. The van der Waals surface area contributed by atoms with E-state index in [0.29, 0.717) is 12.0 Å². The minimum Gasteiger partial charge on any atom is -0.379 e. The van der Waals surface area contributed by atoms with E-state index in [4.69, 9.17) is 9.73 Å². The molecule has 3 fully saturated rings. The molecule has 2 heterocycles. The summed E-state index contributed by atoms with van der Waals surface area (Å²) in [5.74, 6) is 2.54. The third kappa shape index (κ3) is 9.57. The molecule has 1 unspecified atom stereocenters. The number of morpholine rings is 1. The molecule has 0 aromatic carbocycles. The van der Waals surface area contributed by atoms with Crippen LogP contribution in [0.4, 0.5) is 0 Å². The molecule has 1 saturated carbocycles. The van der Waals surface area contributed by atoms with E-state index in [-0.39, 0.29) is 24.0 Å². The Morgan fingerprint density at radius 3 is 2.37 bits per heavy atom. The van der Waals surface area contributed by atoms with Crippen molar-refractivity contribution in [2.45, 2.75) is 64.8 Å². The molecule has 3 aliphatic rings. The zero-order valence-electron chi connectivity index (χ0n) is 19.4. The second kappa shape index (κ2) is 14.9. The van der Waals surface area contributed by atoms with Crippen LogP contribution in [0.1, 0.15) is 58.8 Å². The van der Waals surface area contributed by atoms with Gasteiger partial charge in [0.2, 0.25) is 0 Å². The van der Waals surface area contributed by atoms with Gasteiger partial charge in [-0.1, -0.05) is 26.2 Å². The summed E-state index contributed by atoms with van der Waals surface area (Å²) in [6, 6.07) is 0.560. The van der Waals surface area contributed by atoms with Crippen molar-refractivity contribution in [2.24, 2.45) is 16.8 Å². The molecule has 1 aliphatic carbocycles. The van der Waals surface area contributed by atoms with Crippen molar-refractivity contribution in [3.63, 3.8) is 0 Å². The number of hydrogen-bond acceptors (Lipinski definition) is 4. The maximum atomic E-state index is 5.45. The lowest BCUT2D eigenvalue weighted by Crippen LogP contribution is -2.49. The Morgan fingerprint density at radius 2 is 1.70 bits per heavy atom. The molecule has 1 atom stereocenters. The lowest BCUT2D eigenvalue weighted by Gasteiger charge is -2.36. The number of halogens is 1. The average Bonchev–Trinajstić information content (AvgIpc) is 2.75. The van der Waals surface area contributed by atoms with Gasteiger partial charge < -0.3 is 20.3 Å². The van der Waals surface area contributed by atoms with E-state index in [1.165, 1.54) is 64.6 Å². The summed E-state index contributed by atoms with van der Waals surface area (Å²) >= 11 is 0. The SMILES string of the molecule is CCNC(=NCC(C)CN1CCOCC1)NC1CCN(CC2CCCCC2)CC1.I. The third-order valence-electron chi connectivity index (χ3n) is 6.75. The average molecular weight is 536 g/mol. The van der Waals surface area contributed by atoms with E-state index < -0.39 is 0 Å². The smallest absolute Gasteiger partial charge is 0.191 e. The molecule has 2 N–H and O–H groups in total. The molecule has 0 aromatic rings. The lowest BCUT2D eigenvalue weighted by molar-refractivity contribution is 0.0323. The van der Waals surface area contributed by atoms with Gasteiger partial charge in [-0.25, -0.2) is 0 Å². The zero-order valence-corrected chi connectivity index (χ0v) is 21.7. The molecule has 2 saturated heterocycles. The molecule has 0 bridgehead atoms. The summed E-state index contributed by atoms with van der Waals surface area (Å²) < 4.78 is 5.45. The van der Waals surface area contributed by atoms with Crippen LogP contribution in [-0.2, 0) is 4.74 Å². The number of aliphatic imine (C=N–C) groups is 1. The summed E-state index contributed by atoms with van der Waals surface area (Å²) in [6.07, 6.45) is 9.75. The molecule has 176 valence electrons. The van der Waals surface area contributed by atoms with Gasteiger partial charge in [-0.05, 0) is 44.4 Å². The fourth-order valence-corrected chi connectivity index (χ4v) is 5.04. The van der Waals surface area contributed by atoms with E-state index in [1.54, 1.807) is 0 Å². The van der Waals surface area contributed by atoms with Crippen molar-refractivity contribution in [1.82, 2.24) is 20.4 Å². The fourth-order valence-electron chi connectivity index (χ4n) is 5.04. The van der Waals surface area contributed by atoms with E-state index in [2.05, 4.69) is 34.3 Å². The Bertz CT molecular complexity index is 472. The monoisotopic (exact) mass is 535 g/mol. The molecule has 0 radical (unpaired) electrons. The minimum atomic E-state index is 0. The van der Waals surface area contributed by atoms with E-state index in [1.807, 2.05) is 0 Å². The van der Waals surface area contributed by atoms with Crippen molar-refractivity contribution in [2.75, 3.05) is 65.6 Å². The zero-order chi connectivity index (χ0) is 20.3. The first kappa shape index (κ1) is 26.1. The highest BCUT2D eigenvalue weighted by molar-refractivity contribution is 14.0. The van der Waals surface area contributed by atoms with Gasteiger partial charge >= 0.3 is 0 Å². The number of guanidine groups is 1. The van der Waals surface area contributed by atoms with Gasteiger partial charge in [-0.3, -0.25) is 9.89 Å². The third-order valence-corrected chi connectivity index (χ3v) is 6.75. The first-order valence-electron chi connectivity index (χ1n) is 12.3. The highest BCUT2D eigenvalue weighted by Crippen LogP contribution is 2.25. The number of rotatable bonds is 8. The summed E-state index contributed by atoms with van der Waals surface area (Å²) in [6.45, 7) is 15.1. The van der Waals surface area contributed by atoms with Gasteiger partial charge in [0, 0.05) is 58.4 Å². The normalized spacial score (nSPS) is 24.3. The van der Waals surface area contributed by atoms with Gasteiger partial charge in [0.1, 0.15) is 0 Å². The summed E-state index contributed by atoms with van der Waals surface area (Å²) in [5.41, 5.74) is 0. The molecule has 30 heavy (non-hydrogen) atoms. The van der Waals surface area contributed by atoms with Gasteiger partial charge in [0.25, 0.3) is 0 Å². The summed E-state index contributed by atoms with van der Waals surface area (Å²) in [4.78, 5) is 10.1. The van der Waals surface area contributed by atoms with Crippen LogP contribution in [-0.4, -0.2) is 87.4 Å². The van der Waals surface area contributed by atoms with Crippen molar-refractivity contribution in [1.29, 1.82) is 0 Å². The number of likely N-dealkylation sites (tertiary alicyclic amines) is 1. The van der Waals surface area contributed by atoms with Crippen LogP contribution in [0.2, 0.25) is 0 Å². The van der Waals surface area contributed by atoms with E-state index in [0.717, 1.165) is 57.8 Å². The minimum absolute atomic E-state index is 0. The number of ether oxygens (including phenoxy) is 1. The van der Waals surface area contributed by atoms with Crippen molar-refractivity contribution in [3.8, 4) is 0 Å². The van der Waals surface area contributed by atoms with Crippen LogP contribution in [0, 0.1) is 11.8 Å². The Balaban J connectivity index is 0.00000320. The van der Waals surface area contributed by atoms with Gasteiger partial charge in [-0.15, -0.1) is 24.0 Å². The molecule has 0 spiro atoms. The van der Waals surface area contributed by atoms with Crippen LogP contribution in [0.25, 0.3) is 0 Å². The maximum absolute atomic E-state index is 5.45. The Kier molecular flexibility index (Phi) is 12.9. The highest BCUT2D eigenvalue weighted by atomic mass is 127. The van der Waals surface area contributed by atoms with Crippen molar-refractivity contribution in [3.05, 3.63) is 0 Å². The molecule has 3 rings (SSSR count). The van der Waals surface area contributed by atoms with Crippen LogP contribution in [0.5, 0.6) is 0 Å². The van der Waals surface area contributed by atoms with Gasteiger partial charge in [0.05, 0.1) is 13.2 Å². The lowest BCUT2D eigenvalue weighted by atomic mass is 9.88. The summed E-state index contributed by atoms with van der Waals surface area (Å²) in [7, 11) is 0. The van der Waals surface area contributed by atoms with Crippen LogP contribution in [0.15, 0.2) is 4.99 Å². The van der Waals surface area contributed by atoms with Crippen LogP contribution in [0.3, 0.4) is 0 Å². The van der Waals surface area contributed by atoms with Crippen molar-refractivity contribution < 1.29 is 4.74 Å². The predicted molar refractivity (Wildman–Crippen MR) is 137 cm³/mol. The second-order valence-electron chi connectivity index (χ2n) is 9.46. The quantitative estimate of drug-likeness (QED) is 0.284. The predicted octanol–water partition coefficient (Wildman–Crippen LogP) is 3.17. The number of piperidine rings is 1. The highest BCUT2D eigenvalue weighted by Gasteiger charge is 2.23. The maximum Gasteiger partial charge on any atom is 0.191 e.